The van der Waals surface area contributed by atoms with Crippen LogP contribution in [0.2, 0.25) is 0 Å². The van der Waals surface area contributed by atoms with Crippen LogP contribution in [0.25, 0.3) is 0 Å². The molecular formula is C12H16N4O3S. The first-order valence-corrected chi connectivity index (χ1v) is 7.78. The van der Waals surface area contributed by atoms with Crippen molar-refractivity contribution in [2.45, 2.75) is 11.1 Å². The van der Waals surface area contributed by atoms with E-state index in [1.807, 2.05) is 17.8 Å². The summed E-state index contributed by atoms with van der Waals surface area (Å²) in [5.74, 6) is 0.715. The molecular weight excluding hydrogens is 280 g/mol. The van der Waals surface area contributed by atoms with Crippen molar-refractivity contribution in [3.8, 4) is 0 Å². The molecule has 1 N–H and O–H groups in total. The molecule has 0 radical (unpaired) electrons. The van der Waals surface area contributed by atoms with Crippen LogP contribution in [-0.4, -0.2) is 41.9 Å². The van der Waals surface area contributed by atoms with Gasteiger partial charge in [0.25, 0.3) is 10.0 Å². The topological polar surface area (TPSA) is 80.4 Å². The summed E-state index contributed by atoms with van der Waals surface area (Å²) >= 11 is 0. The Morgan fingerprint density at radius 2 is 2.35 bits per heavy atom. The quantitative estimate of drug-likeness (QED) is 0.884. The molecule has 1 unspecified atom stereocenters. The van der Waals surface area contributed by atoms with Gasteiger partial charge in [0.2, 0.25) is 5.09 Å². The molecule has 20 heavy (non-hydrogen) atoms. The average molecular weight is 296 g/mol. The molecule has 3 rings (SSSR count). The van der Waals surface area contributed by atoms with Crippen LogP contribution >= 0.6 is 0 Å². The van der Waals surface area contributed by atoms with E-state index >= 15 is 0 Å². The molecule has 7 nitrogen and oxygen atoms in total. The van der Waals surface area contributed by atoms with Crippen molar-refractivity contribution in [3.63, 3.8) is 0 Å². The summed E-state index contributed by atoms with van der Waals surface area (Å²) in [7, 11) is -1.78. The molecule has 0 amide bonds. The number of nitrogens with zero attached hydrogens (tertiary/aromatic N) is 3. The SMILES string of the molecule is Cn1ccnc1C1CNCCN1S(=O)(=O)c1ccco1. The molecule has 1 fully saturated rings. The van der Waals surface area contributed by atoms with Crippen LogP contribution in [0.15, 0.2) is 40.3 Å². The molecule has 1 aliphatic rings. The first-order chi connectivity index (χ1) is 9.60. The van der Waals surface area contributed by atoms with Crippen LogP contribution in [0.4, 0.5) is 0 Å². The largest absolute Gasteiger partial charge is 0.452 e. The van der Waals surface area contributed by atoms with Crippen molar-refractivity contribution in [1.29, 1.82) is 0 Å². The van der Waals surface area contributed by atoms with Gasteiger partial charge >= 0.3 is 0 Å². The monoisotopic (exact) mass is 296 g/mol. The zero-order chi connectivity index (χ0) is 14.2. The molecule has 0 aromatic carbocycles. The van der Waals surface area contributed by atoms with Gasteiger partial charge in [0.05, 0.1) is 12.3 Å². The van der Waals surface area contributed by atoms with E-state index in [1.54, 1.807) is 12.3 Å². The maximum absolute atomic E-state index is 12.6. The van der Waals surface area contributed by atoms with Gasteiger partial charge in [0.15, 0.2) is 0 Å². The Hall–Kier alpha value is -1.64. The van der Waals surface area contributed by atoms with Crippen molar-refractivity contribution in [3.05, 3.63) is 36.6 Å². The summed E-state index contributed by atoms with van der Waals surface area (Å²) < 4.78 is 33.6. The molecule has 0 aliphatic carbocycles. The van der Waals surface area contributed by atoms with E-state index in [2.05, 4.69) is 10.3 Å². The molecule has 0 saturated carbocycles. The lowest BCUT2D eigenvalue weighted by Gasteiger charge is -2.33. The number of rotatable bonds is 3. The van der Waals surface area contributed by atoms with E-state index in [9.17, 15) is 8.42 Å². The minimum absolute atomic E-state index is 0.0291. The fourth-order valence-electron chi connectivity index (χ4n) is 2.42. The molecule has 2 aromatic rings. The number of aryl methyl sites for hydroxylation is 1. The predicted molar refractivity (Wildman–Crippen MR) is 71.4 cm³/mol. The highest BCUT2D eigenvalue weighted by Crippen LogP contribution is 2.27. The van der Waals surface area contributed by atoms with Gasteiger partial charge in [0.1, 0.15) is 5.82 Å². The van der Waals surface area contributed by atoms with Crippen LogP contribution < -0.4 is 5.32 Å². The summed E-state index contributed by atoms with van der Waals surface area (Å²) in [5, 5.41) is 3.18. The van der Waals surface area contributed by atoms with Crippen molar-refractivity contribution < 1.29 is 12.8 Å². The molecule has 1 saturated heterocycles. The van der Waals surface area contributed by atoms with Crippen molar-refractivity contribution in [2.75, 3.05) is 19.6 Å². The minimum Gasteiger partial charge on any atom is -0.452 e. The molecule has 1 aliphatic heterocycles. The van der Waals surface area contributed by atoms with Crippen LogP contribution in [0.5, 0.6) is 0 Å². The number of nitrogens with one attached hydrogen (secondary N) is 1. The third-order valence-corrected chi connectivity index (χ3v) is 5.20. The van der Waals surface area contributed by atoms with Gasteiger partial charge in [-0.05, 0) is 12.1 Å². The Morgan fingerprint density at radius 1 is 1.50 bits per heavy atom. The van der Waals surface area contributed by atoms with E-state index in [0.717, 1.165) is 0 Å². The molecule has 8 heteroatoms. The second-order valence-corrected chi connectivity index (χ2v) is 6.49. The van der Waals surface area contributed by atoms with Gasteiger partial charge in [-0.25, -0.2) is 13.4 Å². The van der Waals surface area contributed by atoms with E-state index < -0.39 is 10.0 Å². The van der Waals surface area contributed by atoms with Crippen LogP contribution in [0.3, 0.4) is 0 Å². The van der Waals surface area contributed by atoms with E-state index in [4.69, 9.17) is 4.42 Å². The smallest absolute Gasteiger partial charge is 0.277 e. The number of hydrogen-bond acceptors (Lipinski definition) is 5. The van der Waals surface area contributed by atoms with Gasteiger partial charge in [-0.1, -0.05) is 0 Å². The maximum atomic E-state index is 12.6. The third-order valence-electron chi connectivity index (χ3n) is 3.41. The van der Waals surface area contributed by atoms with Gasteiger partial charge in [-0.2, -0.15) is 4.31 Å². The van der Waals surface area contributed by atoms with Crippen molar-refractivity contribution >= 4 is 10.0 Å². The fraction of sp³-hybridized carbons (Fsp3) is 0.417. The molecule has 1 atom stereocenters. The molecule has 108 valence electrons. The van der Waals surface area contributed by atoms with E-state index in [1.165, 1.54) is 16.6 Å². The molecule has 3 heterocycles. The molecule has 0 bridgehead atoms. The second kappa shape index (κ2) is 5.04. The Bertz CT molecular complexity index is 677. The highest BCUT2D eigenvalue weighted by atomic mass is 32.2. The van der Waals surface area contributed by atoms with Crippen molar-refractivity contribution in [1.82, 2.24) is 19.2 Å². The standard InChI is InChI=1S/C12H16N4O3S/c1-15-6-5-14-12(15)10-9-13-4-7-16(10)20(17,18)11-3-2-8-19-11/h2-3,5-6,8,10,13H,4,7,9H2,1H3. The number of furan rings is 1. The predicted octanol–water partition coefficient (Wildman–Crippen LogP) is 0.348. The Labute approximate surface area is 117 Å². The Balaban J connectivity index is 2.00. The highest BCUT2D eigenvalue weighted by Gasteiger charge is 2.37. The first kappa shape index (κ1) is 13.3. The minimum atomic E-state index is -3.64. The average Bonchev–Trinajstić information content (AvgIpc) is 3.10. The molecule has 0 spiro atoms. The third kappa shape index (κ3) is 2.15. The van der Waals surface area contributed by atoms with Crippen LogP contribution in [0, 0.1) is 0 Å². The Kier molecular flexibility index (Phi) is 3.36. The zero-order valence-electron chi connectivity index (χ0n) is 11.1. The number of hydrogen-bond donors (Lipinski definition) is 1. The lowest BCUT2D eigenvalue weighted by Crippen LogP contribution is -2.49. The van der Waals surface area contributed by atoms with Gasteiger partial charge < -0.3 is 14.3 Å². The summed E-state index contributed by atoms with van der Waals surface area (Å²) in [6.45, 7) is 1.53. The molecule has 2 aromatic heterocycles. The maximum Gasteiger partial charge on any atom is 0.277 e. The van der Waals surface area contributed by atoms with Gasteiger partial charge in [-0.3, -0.25) is 0 Å². The number of sulfonamides is 1. The van der Waals surface area contributed by atoms with Gasteiger partial charge in [-0.15, -0.1) is 0 Å². The zero-order valence-corrected chi connectivity index (χ0v) is 11.9. The summed E-state index contributed by atoms with van der Waals surface area (Å²) in [5.41, 5.74) is 0. The lowest BCUT2D eigenvalue weighted by molar-refractivity contribution is 0.252. The van der Waals surface area contributed by atoms with E-state index in [0.29, 0.717) is 25.5 Å². The Morgan fingerprint density at radius 3 is 3.00 bits per heavy atom. The van der Waals surface area contributed by atoms with Crippen LogP contribution in [0.1, 0.15) is 11.9 Å². The van der Waals surface area contributed by atoms with Crippen LogP contribution in [-0.2, 0) is 17.1 Å². The van der Waals surface area contributed by atoms with E-state index in [-0.39, 0.29) is 11.1 Å². The number of aromatic nitrogens is 2. The number of piperazine rings is 1. The van der Waals surface area contributed by atoms with Crippen molar-refractivity contribution in [2.24, 2.45) is 7.05 Å². The second-order valence-electron chi connectivity index (χ2n) is 4.66. The summed E-state index contributed by atoms with van der Waals surface area (Å²) in [6, 6.07) is 2.70. The highest BCUT2D eigenvalue weighted by molar-refractivity contribution is 7.89. The van der Waals surface area contributed by atoms with Gasteiger partial charge in [0, 0.05) is 39.1 Å². The summed E-state index contributed by atoms with van der Waals surface area (Å²) in [4.78, 5) is 4.27. The fourth-order valence-corrected chi connectivity index (χ4v) is 3.91. The lowest BCUT2D eigenvalue weighted by atomic mass is 10.2. The normalized spacial score (nSPS) is 21.1. The summed E-state index contributed by atoms with van der Waals surface area (Å²) in [6.07, 6.45) is 4.84. The first-order valence-electron chi connectivity index (χ1n) is 6.34. The number of imidazole rings is 1.